The van der Waals surface area contributed by atoms with Crippen LogP contribution in [0.2, 0.25) is 0 Å². The number of hydrogen-bond donors (Lipinski definition) is 0. The number of carbonyl (C=O) groups is 1. The van der Waals surface area contributed by atoms with Gasteiger partial charge in [0.1, 0.15) is 5.75 Å². The molecule has 2 aromatic heterocycles. The average Bonchev–Trinajstić information content (AvgIpc) is 3.36. The number of aryl methyl sites for hydroxylation is 1. The van der Waals surface area contributed by atoms with Crippen molar-refractivity contribution in [3.05, 3.63) is 78.1 Å². The number of sulfonamides is 1. The number of rotatable bonds is 8. The molecule has 4 aromatic rings. The highest BCUT2D eigenvalue weighted by atomic mass is 32.2. The molecule has 1 amide bonds. The Kier molecular flexibility index (Phi) is 7.73. The molecule has 0 radical (unpaired) electrons. The van der Waals surface area contributed by atoms with E-state index in [2.05, 4.69) is 4.98 Å². The highest BCUT2D eigenvalue weighted by molar-refractivity contribution is 7.89. The Labute approximate surface area is 227 Å². The normalized spacial score (nSPS) is 15.0. The van der Waals surface area contributed by atoms with Crippen LogP contribution in [0.1, 0.15) is 30.9 Å². The molecule has 1 aliphatic rings. The lowest BCUT2D eigenvalue weighted by atomic mass is 9.96. The molecule has 198 valence electrons. The van der Waals surface area contributed by atoms with Gasteiger partial charge >= 0.3 is 0 Å². The summed E-state index contributed by atoms with van der Waals surface area (Å²) in [6.07, 6.45) is 4.35. The van der Waals surface area contributed by atoms with E-state index < -0.39 is 10.0 Å². The molecule has 0 N–H and O–H groups in total. The summed E-state index contributed by atoms with van der Waals surface area (Å²) in [5.41, 5.74) is 2.71. The first kappa shape index (κ1) is 26.3. The minimum Gasteiger partial charge on any atom is -0.494 e. The zero-order chi connectivity index (χ0) is 26.7. The molecule has 8 nitrogen and oxygen atoms in total. The smallest absolute Gasteiger partial charge is 0.243 e. The fourth-order valence-electron chi connectivity index (χ4n) is 4.60. The first-order chi connectivity index (χ1) is 18.3. The van der Waals surface area contributed by atoms with Crippen molar-refractivity contribution >= 4 is 42.6 Å². The van der Waals surface area contributed by atoms with Crippen LogP contribution in [0.3, 0.4) is 0 Å². The Morgan fingerprint density at radius 3 is 2.58 bits per heavy atom. The van der Waals surface area contributed by atoms with Crippen molar-refractivity contribution in [1.82, 2.24) is 14.3 Å². The molecule has 0 bridgehead atoms. The lowest BCUT2D eigenvalue weighted by molar-refractivity contribution is -0.123. The molecule has 1 fully saturated rings. The van der Waals surface area contributed by atoms with Crippen molar-refractivity contribution in [1.29, 1.82) is 0 Å². The predicted octanol–water partition coefficient (Wildman–Crippen LogP) is 5.03. The Bertz CT molecular complexity index is 1510. The van der Waals surface area contributed by atoms with Crippen molar-refractivity contribution in [2.45, 2.75) is 38.1 Å². The number of nitrogens with zero attached hydrogens (tertiary/aromatic N) is 4. The van der Waals surface area contributed by atoms with Crippen molar-refractivity contribution in [2.24, 2.45) is 5.92 Å². The van der Waals surface area contributed by atoms with Gasteiger partial charge in [-0.3, -0.25) is 14.7 Å². The van der Waals surface area contributed by atoms with E-state index in [1.807, 2.05) is 44.2 Å². The third-order valence-corrected chi connectivity index (χ3v) is 9.64. The van der Waals surface area contributed by atoms with Gasteiger partial charge in [-0.25, -0.2) is 13.4 Å². The number of ether oxygens (including phenoxy) is 1. The van der Waals surface area contributed by atoms with Gasteiger partial charge in [0, 0.05) is 31.4 Å². The van der Waals surface area contributed by atoms with Gasteiger partial charge in [0.2, 0.25) is 15.9 Å². The van der Waals surface area contributed by atoms with Crippen molar-refractivity contribution in [3.63, 3.8) is 0 Å². The third kappa shape index (κ3) is 5.57. The first-order valence-electron chi connectivity index (χ1n) is 12.7. The second-order valence-electron chi connectivity index (χ2n) is 9.34. The molecular weight excluding hydrogens is 520 g/mol. The summed E-state index contributed by atoms with van der Waals surface area (Å²) in [6, 6.07) is 16.4. The lowest BCUT2D eigenvalue weighted by Crippen LogP contribution is -2.44. The largest absolute Gasteiger partial charge is 0.494 e. The van der Waals surface area contributed by atoms with E-state index in [9.17, 15) is 13.2 Å². The van der Waals surface area contributed by atoms with E-state index in [1.165, 1.54) is 15.6 Å². The molecule has 0 saturated carbocycles. The van der Waals surface area contributed by atoms with Crippen LogP contribution < -0.4 is 9.64 Å². The van der Waals surface area contributed by atoms with Crippen LogP contribution in [0.4, 0.5) is 5.13 Å². The molecule has 5 rings (SSSR count). The second-order valence-corrected chi connectivity index (χ2v) is 12.3. The van der Waals surface area contributed by atoms with Crippen LogP contribution >= 0.6 is 11.3 Å². The number of hydrogen-bond acceptors (Lipinski definition) is 7. The second kappa shape index (κ2) is 11.2. The van der Waals surface area contributed by atoms with Gasteiger partial charge in [-0.2, -0.15) is 4.31 Å². The topological polar surface area (TPSA) is 92.7 Å². The highest BCUT2D eigenvalue weighted by Crippen LogP contribution is 2.34. The summed E-state index contributed by atoms with van der Waals surface area (Å²) in [6.45, 7) is 5.37. The molecular formula is C28H30N4O4S2. The van der Waals surface area contributed by atoms with Gasteiger partial charge in [-0.05, 0) is 68.7 Å². The Morgan fingerprint density at radius 1 is 1.13 bits per heavy atom. The van der Waals surface area contributed by atoms with E-state index >= 15 is 0 Å². The number of thiazole rings is 1. The van der Waals surface area contributed by atoms with Crippen LogP contribution in [0, 0.1) is 12.8 Å². The maximum absolute atomic E-state index is 13.9. The molecule has 3 heterocycles. The van der Waals surface area contributed by atoms with Gasteiger partial charge in [0.15, 0.2) is 5.13 Å². The number of piperidine rings is 1. The third-order valence-electron chi connectivity index (χ3n) is 6.68. The fourth-order valence-corrected chi connectivity index (χ4v) is 7.07. The fraction of sp³-hybridized carbons (Fsp3) is 0.321. The molecule has 0 unspecified atom stereocenters. The molecule has 2 aromatic carbocycles. The molecule has 38 heavy (non-hydrogen) atoms. The van der Waals surface area contributed by atoms with Gasteiger partial charge < -0.3 is 4.74 Å². The summed E-state index contributed by atoms with van der Waals surface area (Å²) in [5, 5.41) is 0.609. The van der Waals surface area contributed by atoms with E-state index in [4.69, 9.17) is 9.72 Å². The predicted molar refractivity (Wildman–Crippen MR) is 149 cm³/mol. The van der Waals surface area contributed by atoms with Crippen LogP contribution in [-0.4, -0.2) is 48.3 Å². The van der Waals surface area contributed by atoms with Crippen LogP contribution in [0.15, 0.2) is 71.9 Å². The van der Waals surface area contributed by atoms with E-state index in [-0.39, 0.29) is 16.7 Å². The summed E-state index contributed by atoms with van der Waals surface area (Å²) in [7, 11) is -3.60. The lowest BCUT2D eigenvalue weighted by Gasteiger charge is -2.33. The monoisotopic (exact) mass is 550 g/mol. The summed E-state index contributed by atoms with van der Waals surface area (Å²) in [5.74, 6) is 0.412. The van der Waals surface area contributed by atoms with Gasteiger partial charge in [0.05, 0.1) is 28.3 Å². The number of anilines is 1. The number of fused-ring (bicyclic) bond motifs is 1. The number of benzene rings is 2. The summed E-state index contributed by atoms with van der Waals surface area (Å²) >= 11 is 1.45. The number of amides is 1. The minimum absolute atomic E-state index is 0.0506. The zero-order valence-electron chi connectivity index (χ0n) is 21.4. The van der Waals surface area contributed by atoms with Crippen molar-refractivity contribution in [3.8, 4) is 5.75 Å². The van der Waals surface area contributed by atoms with Crippen molar-refractivity contribution in [2.75, 3.05) is 24.6 Å². The Balaban J connectivity index is 1.37. The molecule has 1 aliphatic heterocycles. The molecule has 10 heteroatoms. The van der Waals surface area contributed by atoms with Gasteiger partial charge in [-0.1, -0.05) is 35.1 Å². The summed E-state index contributed by atoms with van der Waals surface area (Å²) < 4.78 is 34.4. The molecule has 0 aliphatic carbocycles. The Hall–Kier alpha value is -3.34. The molecule has 0 atom stereocenters. The Morgan fingerprint density at radius 2 is 1.89 bits per heavy atom. The molecule has 0 spiro atoms. The van der Waals surface area contributed by atoms with Crippen LogP contribution in [-0.2, 0) is 21.4 Å². The van der Waals surface area contributed by atoms with Gasteiger partial charge in [0.25, 0.3) is 0 Å². The maximum atomic E-state index is 13.9. The molecule has 1 saturated heterocycles. The van der Waals surface area contributed by atoms with E-state index in [0.29, 0.717) is 44.2 Å². The highest BCUT2D eigenvalue weighted by Gasteiger charge is 2.35. The number of pyridine rings is 1. The maximum Gasteiger partial charge on any atom is 0.243 e. The number of aromatic nitrogens is 2. The quantitative estimate of drug-likeness (QED) is 0.305. The summed E-state index contributed by atoms with van der Waals surface area (Å²) in [4.78, 5) is 24.9. The van der Waals surface area contributed by atoms with E-state index in [1.54, 1.807) is 41.6 Å². The SMILES string of the molecule is CCOc1ccc2nc(N(Cc3cccnc3)C(=O)C3CCN(S(=O)(=O)c4ccc(C)cc4)CC3)sc2c1. The van der Waals surface area contributed by atoms with Crippen molar-refractivity contribution < 1.29 is 17.9 Å². The van der Waals surface area contributed by atoms with Crippen LogP contribution in [0.5, 0.6) is 5.75 Å². The number of carbonyl (C=O) groups excluding carboxylic acids is 1. The minimum atomic E-state index is -3.60. The zero-order valence-corrected chi connectivity index (χ0v) is 23.0. The van der Waals surface area contributed by atoms with Gasteiger partial charge in [-0.15, -0.1) is 0 Å². The van der Waals surface area contributed by atoms with Crippen LogP contribution in [0.25, 0.3) is 10.2 Å². The average molecular weight is 551 g/mol. The van der Waals surface area contributed by atoms with E-state index in [0.717, 1.165) is 27.1 Å². The standard InChI is InChI=1S/C28H30N4O4S2/c1-3-36-23-8-11-25-26(17-23)37-28(30-25)32(19-21-5-4-14-29-18-21)27(33)22-12-15-31(16-13-22)38(34,35)24-9-6-20(2)7-10-24/h4-11,14,17-18,22H,3,12-13,15-16,19H2,1-2H3. The first-order valence-corrected chi connectivity index (χ1v) is 14.9.